The molecule has 1 N–H and O–H groups in total. The zero-order valence-corrected chi connectivity index (χ0v) is 16.5. The molecule has 0 radical (unpaired) electrons. The molecule has 3 aromatic rings. The zero-order valence-electron chi connectivity index (χ0n) is 16.5. The number of rotatable bonds is 6. The van der Waals surface area contributed by atoms with Gasteiger partial charge < -0.3 is 14.7 Å². The van der Waals surface area contributed by atoms with Gasteiger partial charge in [0.15, 0.2) is 0 Å². The average Bonchev–Trinajstić information content (AvgIpc) is 3.27. The van der Waals surface area contributed by atoms with Crippen molar-refractivity contribution in [3.63, 3.8) is 0 Å². The van der Waals surface area contributed by atoms with Gasteiger partial charge in [0.2, 0.25) is 17.6 Å². The maximum atomic E-state index is 12.7. The van der Waals surface area contributed by atoms with Gasteiger partial charge in [0.25, 0.3) is 0 Å². The van der Waals surface area contributed by atoms with Gasteiger partial charge in [-0.1, -0.05) is 42.4 Å². The van der Waals surface area contributed by atoms with Crippen molar-refractivity contribution in [2.75, 3.05) is 18.0 Å². The lowest BCUT2D eigenvalue weighted by Crippen LogP contribution is -2.43. The smallest absolute Gasteiger partial charge is 0.226 e. The van der Waals surface area contributed by atoms with Gasteiger partial charge in [-0.05, 0) is 30.5 Å². The number of carbonyl (C=O) groups excluding carboxylic acids is 1. The van der Waals surface area contributed by atoms with E-state index in [2.05, 4.69) is 25.3 Å². The number of piperidine rings is 1. The first-order valence-electron chi connectivity index (χ1n) is 10.1. The Bertz CT molecular complexity index is 957. The molecule has 1 aromatic carbocycles. The van der Waals surface area contributed by atoms with Crippen LogP contribution in [0, 0.1) is 5.92 Å². The molecule has 1 aliphatic rings. The summed E-state index contributed by atoms with van der Waals surface area (Å²) in [7, 11) is 0. The average molecular weight is 391 g/mol. The number of anilines is 1. The van der Waals surface area contributed by atoms with E-state index in [1.807, 2.05) is 49.4 Å². The molecule has 1 aliphatic heterocycles. The second-order valence-electron chi connectivity index (χ2n) is 7.23. The number of hydrogen-bond donors (Lipinski definition) is 1. The first-order valence-corrected chi connectivity index (χ1v) is 10.1. The van der Waals surface area contributed by atoms with E-state index < -0.39 is 0 Å². The molecule has 7 nitrogen and oxygen atoms in total. The van der Waals surface area contributed by atoms with Crippen LogP contribution in [0.1, 0.15) is 31.2 Å². The highest BCUT2D eigenvalue weighted by Crippen LogP contribution is 2.30. The molecule has 150 valence electrons. The highest BCUT2D eigenvalue weighted by atomic mass is 16.5. The first kappa shape index (κ1) is 19.1. The number of nitrogens with zero attached hydrogens (tertiary/aromatic N) is 4. The maximum Gasteiger partial charge on any atom is 0.226 e. The Labute approximate surface area is 170 Å². The fraction of sp³-hybridized carbons (Fsp3) is 0.364. The third kappa shape index (κ3) is 4.45. The van der Waals surface area contributed by atoms with E-state index >= 15 is 0 Å². The Morgan fingerprint density at radius 2 is 2.10 bits per heavy atom. The first-order chi connectivity index (χ1) is 14.2. The molecule has 29 heavy (non-hydrogen) atoms. The van der Waals surface area contributed by atoms with Gasteiger partial charge in [0.05, 0.1) is 11.5 Å². The summed E-state index contributed by atoms with van der Waals surface area (Å²) in [6, 6.07) is 13.8. The number of benzene rings is 1. The van der Waals surface area contributed by atoms with Crippen molar-refractivity contribution in [2.45, 2.75) is 32.7 Å². The van der Waals surface area contributed by atoms with Crippen LogP contribution in [0.25, 0.3) is 11.4 Å². The van der Waals surface area contributed by atoms with E-state index in [-0.39, 0.29) is 11.8 Å². The van der Waals surface area contributed by atoms with Crippen LogP contribution in [0.4, 0.5) is 5.82 Å². The van der Waals surface area contributed by atoms with Crippen LogP contribution in [-0.2, 0) is 17.8 Å². The third-order valence-electron chi connectivity index (χ3n) is 5.20. The highest BCUT2D eigenvalue weighted by molar-refractivity contribution is 5.80. The molecule has 3 heterocycles. The lowest BCUT2D eigenvalue weighted by atomic mass is 9.96. The number of hydrogen-bond acceptors (Lipinski definition) is 6. The fourth-order valence-corrected chi connectivity index (χ4v) is 3.64. The molecule has 1 atom stereocenters. The number of nitrogens with one attached hydrogen (secondary N) is 1. The van der Waals surface area contributed by atoms with E-state index in [1.54, 1.807) is 6.20 Å². The lowest BCUT2D eigenvalue weighted by molar-refractivity contribution is -0.125. The minimum Gasteiger partial charge on any atom is -0.355 e. The minimum atomic E-state index is -0.0706. The van der Waals surface area contributed by atoms with E-state index in [4.69, 9.17) is 4.52 Å². The van der Waals surface area contributed by atoms with Crippen molar-refractivity contribution in [1.82, 2.24) is 20.4 Å². The number of aryl methyl sites for hydroxylation is 1. The Hall–Kier alpha value is -3.22. The fourth-order valence-electron chi connectivity index (χ4n) is 3.64. The Balaban J connectivity index is 1.46. The van der Waals surface area contributed by atoms with Crippen molar-refractivity contribution in [3.8, 4) is 11.4 Å². The number of aromatic nitrogens is 3. The summed E-state index contributed by atoms with van der Waals surface area (Å²) >= 11 is 0. The summed E-state index contributed by atoms with van der Waals surface area (Å²) < 4.78 is 5.27. The zero-order chi connectivity index (χ0) is 20.1. The minimum absolute atomic E-state index is 0.0706. The number of pyridine rings is 1. The van der Waals surface area contributed by atoms with Crippen LogP contribution in [0.5, 0.6) is 0 Å². The van der Waals surface area contributed by atoms with Gasteiger partial charge in [0.1, 0.15) is 5.82 Å². The van der Waals surface area contributed by atoms with Crippen LogP contribution in [0.15, 0.2) is 53.2 Å². The lowest BCUT2D eigenvalue weighted by Gasteiger charge is -2.33. The van der Waals surface area contributed by atoms with Gasteiger partial charge in [-0.25, -0.2) is 4.98 Å². The van der Waals surface area contributed by atoms with Crippen molar-refractivity contribution < 1.29 is 9.32 Å². The van der Waals surface area contributed by atoms with Crippen LogP contribution in [0.3, 0.4) is 0 Å². The summed E-state index contributed by atoms with van der Waals surface area (Å²) in [6.45, 7) is 4.01. The summed E-state index contributed by atoms with van der Waals surface area (Å²) in [4.78, 5) is 23.9. The molecule has 7 heteroatoms. The largest absolute Gasteiger partial charge is 0.355 e. The van der Waals surface area contributed by atoms with Crippen LogP contribution in [0.2, 0.25) is 0 Å². The predicted molar refractivity (Wildman–Crippen MR) is 110 cm³/mol. The van der Waals surface area contributed by atoms with Gasteiger partial charge in [0, 0.05) is 32.3 Å². The molecule has 4 rings (SSSR count). The van der Waals surface area contributed by atoms with E-state index in [1.165, 1.54) is 0 Å². The van der Waals surface area contributed by atoms with Gasteiger partial charge in [-0.3, -0.25) is 4.79 Å². The Kier molecular flexibility index (Phi) is 5.84. The predicted octanol–water partition coefficient (Wildman–Crippen LogP) is 3.23. The molecule has 0 spiro atoms. The molecule has 1 saturated heterocycles. The van der Waals surface area contributed by atoms with Crippen LogP contribution < -0.4 is 10.2 Å². The van der Waals surface area contributed by atoms with E-state index in [0.717, 1.165) is 36.3 Å². The monoisotopic (exact) mass is 391 g/mol. The quantitative estimate of drug-likeness (QED) is 0.695. The standard InChI is InChI=1S/C22H25N5O2/c1-2-19-25-20(26-29-19)18-11-6-12-23-21(18)27-13-7-10-17(15-27)22(28)24-14-16-8-4-3-5-9-16/h3-6,8-9,11-12,17H,2,7,10,13-15H2,1H3,(H,24,28). The van der Waals surface area contributed by atoms with Crippen molar-refractivity contribution >= 4 is 11.7 Å². The summed E-state index contributed by atoms with van der Waals surface area (Å²) in [5.74, 6) is 1.96. The second-order valence-corrected chi connectivity index (χ2v) is 7.23. The Morgan fingerprint density at radius 1 is 1.24 bits per heavy atom. The summed E-state index contributed by atoms with van der Waals surface area (Å²) in [5, 5.41) is 7.17. The molecule has 1 amide bonds. The molecular formula is C22H25N5O2. The maximum absolute atomic E-state index is 12.7. The van der Waals surface area contributed by atoms with Crippen molar-refractivity contribution in [3.05, 3.63) is 60.1 Å². The van der Waals surface area contributed by atoms with Crippen LogP contribution >= 0.6 is 0 Å². The van der Waals surface area contributed by atoms with Gasteiger partial charge >= 0.3 is 0 Å². The van der Waals surface area contributed by atoms with Crippen LogP contribution in [-0.4, -0.2) is 34.1 Å². The van der Waals surface area contributed by atoms with Crippen molar-refractivity contribution in [2.24, 2.45) is 5.92 Å². The molecule has 0 aliphatic carbocycles. The van der Waals surface area contributed by atoms with E-state index in [0.29, 0.717) is 31.2 Å². The molecule has 0 saturated carbocycles. The molecule has 1 unspecified atom stereocenters. The number of carbonyl (C=O) groups is 1. The van der Waals surface area contributed by atoms with Gasteiger partial charge in [-0.2, -0.15) is 4.98 Å². The topological polar surface area (TPSA) is 84.2 Å². The normalized spacial score (nSPS) is 16.6. The molecule has 2 aromatic heterocycles. The molecule has 0 bridgehead atoms. The third-order valence-corrected chi connectivity index (χ3v) is 5.20. The Morgan fingerprint density at radius 3 is 2.90 bits per heavy atom. The number of amides is 1. The van der Waals surface area contributed by atoms with Crippen molar-refractivity contribution in [1.29, 1.82) is 0 Å². The summed E-state index contributed by atoms with van der Waals surface area (Å²) in [5.41, 5.74) is 1.94. The highest BCUT2D eigenvalue weighted by Gasteiger charge is 2.28. The van der Waals surface area contributed by atoms with E-state index in [9.17, 15) is 4.79 Å². The SMILES string of the molecule is CCc1nc(-c2cccnc2N2CCCC(C(=O)NCc3ccccc3)C2)no1. The molecule has 1 fully saturated rings. The second kappa shape index (κ2) is 8.86. The van der Waals surface area contributed by atoms with Gasteiger partial charge in [-0.15, -0.1) is 0 Å². The molecular weight excluding hydrogens is 366 g/mol. The summed E-state index contributed by atoms with van der Waals surface area (Å²) in [6.07, 6.45) is 4.27.